The van der Waals surface area contributed by atoms with Crippen LogP contribution in [0.2, 0.25) is 0 Å². The molecule has 0 aliphatic carbocycles. The summed E-state index contributed by atoms with van der Waals surface area (Å²) in [6.07, 6.45) is 0.215. The first-order valence-corrected chi connectivity index (χ1v) is 4.12. The molecule has 2 heteroatoms. The van der Waals surface area contributed by atoms with Crippen molar-refractivity contribution in [2.24, 2.45) is 0 Å². The highest BCUT2D eigenvalue weighted by molar-refractivity contribution is 6.32. The van der Waals surface area contributed by atoms with Crippen LogP contribution < -0.4 is 10.2 Å². The van der Waals surface area contributed by atoms with E-state index in [4.69, 9.17) is 12.6 Å². The van der Waals surface area contributed by atoms with E-state index >= 15 is 0 Å². The summed E-state index contributed by atoms with van der Waals surface area (Å²) in [5, 5.41) is 0. The van der Waals surface area contributed by atoms with Gasteiger partial charge in [0.15, 0.2) is 0 Å². The molecule has 62 valence electrons. The summed E-state index contributed by atoms with van der Waals surface area (Å²) in [6, 6.07) is 5.67. The molecule has 0 heterocycles. The van der Waals surface area contributed by atoms with Gasteiger partial charge < -0.3 is 4.74 Å². The second-order valence-corrected chi connectivity index (χ2v) is 3.19. The first kappa shape index (κ1) is 9.18. The molecule has 0 aliphatic rings. The van der Waals surface area contributed by atoms with Crippen LogP contribution in [-0.4, -0.2) is 14.0 Å². The van der Waals surface area contributed by atoms with Crippen LogP contribution in [0.5, 0.6) is 5.75 Å². The zero-order valence-electron chi connectivity index (χ0n) is 7.79. The lowest BCUT2D eigenvalue weighted by molar-refractivity contribution is 0.241. The molecule has 1 nitrogen and oxygen atoms in total. The molecule has 1 aromatic carbocycles. The smallest absolute Gasteiger partial charge is 0.122 e. The van der Waals surface area contributed by atoms with Crippen molar-refractivity contribution in [1.82, 2.24) is 0 Å². The fraction of sp³-hybridized carbons (Fsp3) is 0.400. The van der Waals surface area contributed by atoms with E-state index in [2.05, 4.69) is 0 Å². The van der Waals surface area contributed by atoms with E-state index in [0.29, 0.717) is 0 Å². The molecule has 0 fully saturated rings. The van der Waals surface area contributed by atoms with Gasteiger partial charge >= 0.3 is 0 Å². The third-order valence-corrected chi connectivity index (χ3v) is 1.56. The molecule has 0 unspecified atom stereocenters. The summed E-state index contributed by atoms with van der Waals surface area (Å²) in [7, 11) is 5.60. The summed E-state index contributed by atoms with van der Waals surface area (Å²) >= 11 is 0. The maximum absolute atomic E-state index is 5.60. The zero-order valence-corrected chi connectivity index (χ0v) is 7.79. The van der Waals surface area contributed by atoms with Crippen LogP contribution in [0, 0.1) is 6.92 Å². The van der Waals surface area contributed by atoms with Crippen LogP contribution in [-0.2, 0) is 0 Å². The molecule has 0 saturated carbocycles. The lowest BCUT2D eigenvalue weighted by Gasteiger charge is -2.12. The standard InChI is InChI=1S/C10H13BO/c1-7(2)12-10-5-4-9(11)6-8(10)3/h4-7H,1-3H3. The lowest BCUT2D eigenvalue weighted by atomic mass is 9.94. The topological polar surface area (TPSA) is 9.23 Å². The predicted octanol–water partition coefficient (Wildman–Crippen LogP) is 1.58. The summed E-state index contributed by atoms with van der Waals surface area (Å²) in [6.45, 7) is 6.01. The Morgan fingerprint density at radius 1 is 1.33 bits per heavy atom. The Kier molecular flexibility index (Phi) is 2.80. The van der Waals surface area contributed by atoms with Crippen LogP contribution >= 0.6 is 0 Å². The van der Waals surface area contributed by atoms with Gasteiger partial charge in [-0.05, 0) is 32.4 Å². The highest BCUT2D eigenvalue weighted by atomic mass is 16.5. The Bertz CT molecular complexity index is 269. The third kappa shape index (κ3) is 2.30. The minimum atomic E-state index is 0.215. The van der Waals surface area contributed by atoms with Crippen LogP contribution in [0.1, 0.15) is 19.4 Å². The van der Waals surface area contributed by atoms with Crippen molar-refractivity contribution in [2.45, 2.75) is 26.9 Å². The Labute approximate surface area is 75.2 Å². The van der Waals surface area contributed by atoms with Gasteiger partial charge in [-0.3, -0.25) is 0 Å². The monoisotopic (exact) mass is 160 g/mol. The van der Waals surface area contributed by atoms with Crippen molar-refractivity contribution < 1.29 is 4.74 Å². The summed E-state index contributed by atoms with van der Waals surface area (Å²) in [4.78, 5) is 0. The molecule has 0 bridgehead atoms. The largest absolute Gasteiger partial charge is 0.491 e. The van der Waals surface area contributed by atoms with Crippen LogP contribution in [0.25, 0.3) is 0 Å². The summed E-state index contributed by atoms with van der Waals surface area (Å²) < 4.78 is 5.54. The summed E-state index contributed by atoms with van der Waals surface area (Å²) in [5.74, 6) is 0.916. The van der Waals surface area contributed by atoms with Crippen molar-refractivity contribution in [2.75, 3.05) is 0 Å². The van der Waals surface area contributed by atoms with Gasteiger partial charge in [-0.15, -0.1) is 0 Å². The molecule has 1 aromatic rings. The molecular formula is C10H13BO. The van der Waals surface area contributed by atoms with Gasteiger partial charge in [0.05, 0.1) is 6.10 Å². The van der Waals surface area contributed by atoms with E-state index in [1.54, 1.807) is 0 Å². The average Bonchev–Trinajstić information content (AvgIpc) is 1.94. The SMILES string of the molecule is [B]c1ccc(OC(C)C)c(C)c1. The highest BCUT2D eigenvalue weighted by Crippen LogP contribution is 2.16. The molecule has 0 saturated heterocycles. The Balaban J connectivity index is 2.86. The van der Waals surface area contributed by atoms with Gasteiger partial charge in [-0.25, -0.2) is 0 Å². The van der Waals surface area contributed by atoms with E-state index in [-0.39, 0.29) is 6.10 Å². The number of hydrogen-bond donors (Lipinski definition) is 0. The molecule has 0 spiro atoms. The van der Waals surface area contributed by atoms with Gasteiger partial charge in [0, 0.05) is 0 Å². The van der Waals surface area contributed by atoms with Gasteiger partial charge in [0.25, 0.3) is 0 Å². The van der Waals surface area contributed by atoms with Crippen molar-refractivity contribution in [3.05, 3.63) is 23.8 Å². The van der Waals surface area contributed by atoms with Gasteiger partial charge in [0.1, 0.15) is 13.6 Å². The van der Waals surface area contributed by atoms with Crippen molar-refractivity contribution in [1.29, 1.82) is 0 Å². The van der Waals surface area contributed by atoms with Gasteiger partial charge in [-0.1, -0.05) is 17.6 Å². The molecule has 0 aliphatic heterocycles. The number of aryl methyl sites for hydroxylation is 1. The average molecular weight is 160 g/mol. The minimum Gasteiger partial charge on any atom is -0.491 e. The number of ether oxygens (including phenoxy) is 1. The van der Waals surface area contributed by atoms with E-state index < -0.39 is 0 Å². The predicted molar refractivity (Wildman–Crippen MR) is 52.3 cm³/mol. The molecule has 12 heavy (non-hydrogen) atoms. The maximum Gasteiger partial charge on any atom is 0.122 e. The summed E-state index contributed by atoms with van der Waals surface area (Å²) in [5.41, 5.74) is 1.87. The Hall–Kier alpha value is -0.915. The number of rotatable bonds is 2. The Morgan fingerprint density at radius 2 is 2.00 bits per heavy atom. The van der Waals surface area contributed by atoms with Crippen molar-refractivity contribution in [3.63, 3.8) is 0 Å². The van der Waals surface area contributed by atoms with Gasteiger partial charge in [0.2, 0.25) is 0 Å². The van der Waals surface area contributed by atoms with Crippen molar-refractivity contribution in [3.8, 4) is 5.75 Å². The second-order valence-electron chi connectivity index (χ2n) is 3.19. The third-order valence-electron chi connectivity index (χ3n) is 1.56. The lowest BCUT2D eigenvalue weighted by Crippen LogP contribution is -2.09. The molecule has 0 amide bonds. The molecule has 2 radical (unpaired) electrons. The number of benzene rings is 1. The van der Waals surface area contributed by atoms with Crippen molar-refractivity contribution >= 4 is 13.3 Å². The molecule has 0 atom stereocenters. The molecule has 0 N–H and O–H groups in total. The molecule has 0 aromatic heterocycles. The minimum absolute atomic E-state index is 0.215. The molecule has 1 rings (SSSR count). The second kappa shape index (κ2) is 3.66. The first-order chi connectivity index (χ1) is 5.59. The highest BCUT2D eigenvalue weighted by Gasteiger charge is 2.00. The van der Waals surface area contributed by atoms with E-state index in [1.807, 2.05) is 39.0 Å². The number of hydrogen-bond acceptors (Lipinski definition) is 1. The quantitative estimate of drug-likeness (QED) is 0.596. The fourth-order valence-electron chi connectivity index (χ4n) is 1.06. The van der Waals surface area contributed by atoms with Crippen LogP contribution in [0.3, 0.4) is 0 Å². The van der Waals surface area contributed by atoms with Crippen LogP contribution in [0.4, 0.5) is 0 Å². The van der Waals surface area contributed by atoms with E-state index in [0.717, 1.165) is 16.8 Å². The molecular weight excluding hydrogens is 147 g/mol. The van der Waals surface area contributed by atoms with E-state index in [1.165, 1.54) is 0 Å². The fourth-order valence-corrected chi connectivity index (χ4v) is 1.06. The maximum atomic E-state index is 5.60. The first-order valence-electron chi connectivity index (χ1n) is 4.12. The van der Waals surface area contributed by atoms with E-state index in [9.17, 15) is 0 Å². The van der Waals surface area contributed by atoms with Gasteiger partial charge in [-0.2, -0.15) is 0 Å². The normalized spacial score (nSPS) is 10.3. The van der Waals surface area contributed by atoms with Crippen LogP contribution in [0.15, 0.2) is 18.2 Å². The Morgan fingerprint density at radius 3 is 2.50 bits per heavy atom. The zero-order chi connectivity index (χ0) is 9.14.